The van der Waals surface area contributed by atoms with Crippen LogP contribution < -0.4 is 5.56 Å². The van der Waals surface area contributed by atoms with Gasteiger partial charge in [-0.15, -0.1) is 0 Å². The van der Waals surface area contributed by atoms with Crippen molar-refractivity contribution in [1.29, 1.82) is 0 Å². The van der Waals surface area contributed by atoms with E-state index in [1.807, 2.05) is 30.3 Å². The summed E-state index contributed by atoms with van der Waals surface area (Å²) >= 11 is 0. The lowest BCUT2D eigenvalue weighted by Crippen LogP contribution is -2.17. The quantitative estimate of drug-likeness (QED) is 0.501. The van der Waals surface area contributed by atoms with E-state index in [-0.39, 0.29) is 5.58 Å². The van der Waals surface area contributed by atoms with E-state index in [0.29, 0.717) is 16.5 Å². The average molecular weight is 295 g/mol. The van der Waals surface area contributed by atoms with Crippen molar-refractivity contribution in [2.75, 3.05) is 0 Å². The van der Waals surface area contributed by atoms with Crippen LogP contribution >= 0.6 is 0 Å². The van der Waals surface area contributed by atoms with E-state index in [0.717, 1.165) is 10.8 Å². The third-order valence-corrected chi connectivity index (χ3v) is 3.71. The zero-order chi connectivity index (χ0) is 15.4. The minimum Gasteiger partial charge on any atom is -0.503 e. The minimum atomic E-state index is -1.51. The standard InChI is InChI=1S/C16H9NO5/c18-13-11(16(20)21)15(19)17-12-10-8-4-2-1-3-7(8)5-6-9(10)22-14(12)13/h1-6H,(H,20,21)(H2,17,18,19). The molecule has 0 unspecified atom stereocenters. The molecule has 2 aromatic carbocycles. The van der Waals surface area contributed by atoms with Gasteiger partial charge in [-0.3, -0.25) is 4.79 Å². The van der Waals surface area contributed by atoms with E-state index in [1.165, 1.54) is 0 Å². The molecule has 0 aliphatic heterocycles. The normalized spacial score (nSPS) is 11.5. The fourth-order valence-electron chi connectivity index (χ4n) is 2.75. The minimum absolute atomic E-state index is 0.0386. The van der Waals surface area contributed by atoms with Gasteiger partial charge in [0, 0.05) is 0 Å². The highest BCUT2D eigenvalue weighted by atomic mass is 16.4. The van der Waals surface area contributed by atoms with Gasteiger partial charge in [0.15, 0.2) is 16.9 Å². The van der Waals surface area contributed by atoms with Crippen molar-refractivity contribution < 1.29 is 19.4 Å². The van der Waals surface area contributed by atoms with E-state index in [1.54, 1.807) is 6.07 Å². The van der Waals surface area contributed by atoms with Gasteiger partial charge in [0.1, 0.15) is 5.58 Å². The molecule has 6 nitrogen and oxygen atoms in total. The van der Waals surface area contributed by atoms with Crippen LogP contribution in [0.3, 0.4) is 0 Å². The number of H-pyrrole nitrogens is 1. The molecule has 3 N–H and O–H groups in total. The molecule has 4 rings (SSSR count). The van der Waals surface area contributed by atoms with E-state index < -0.39 is 22.8 Å². The maximum atomic E-state index is 11.9. The molecular weight excluding hydrogens is 286 g/mol. The second-order valence-corrected chi connectivity index (χ2v) is 4.95. The number of carbonyl (C=O) groups is 1. The molecule has 0 amide bonds. The van der Waals surface area contributed by atoms with Gasteiger partial charge >= 0.3 is 5.97 Å². The lowest BCUT2D eigenvalue weighted by atomic mass is 10.1. The predicted molar refractivity (Wildman–Crippen MR) is 80.5 cm³/mol. The Morgan fingerprint density at radius 1 is 1.14 bits per heavy atom. The maximum absolute atomic E-state index is 11.9. The van der Waals surface area contributed by atoms with Crippen LogP contribution in [0, 0.1) is 0 Å². The summed E-state index contributed by atoms with van der Waals surface area (Å²) in [5.41, 5.74) is -0.881. The molecule has 0 saturated carbocycles. The number of pyridine rings is 1. The molecule has 0 radical (unpaired) electrons. The highest BCUT2D eigenvalue weighted by molar-refractivity contribution is 6.18. The van der Waals surface area contributed by atoms with Crippen LogP contribution in [0.1, 0.15) is 10.4 Å². The van der Waals surface area contributed by atoms with E-state index >= 15 is 0 Å². The number of aromatic nitrogens is 1. The van der Waals surface area contributed by atoms with Crippen molar-refractivity contribution >= 4 is 38.8 Å². The van der Waals surface area contributed by atoms with Crippen LogP contribution in [0.25, 0.3) is 32.8 Å². The number of carboxylic acid groups (broad SMARTS) is 1. The van der Waals surface area contributed by atoms with Crippen LogP contribution in [0.5, 0.6) is 5.75 Å². The zero-order valence-electron chi connectivity index (χ0n) is 11.1. The zero-order valence-corrected chi connectivity index (χ0v) is 11.1. The van der Waals surface area contributed by atoms with Gasteiger partial charge in [-0.2, -0.15) is 0 Å². The fourth-order valence-corrected chi connectivity index (χ4v) is 2.75. The first-order valence-electron chi connectivity index (χ1n) is 6.50. The fraction of sp³-hybridized carbons (Fsp3) is 0. The predicted octanol–water partition coefficient (Wildman–Crippen LogP) is 2.83. The van der Waals surface area contributed by atoms with Crippen molar-refractivity contribution in [3.63, 3.8) is 0 Å². The molecule has 22 heavy (non-hydrogen) atoms. The van der Waals surface area contributed by atoms with Gasteiger partial charge in [0.25, 0.3) is 5.56 Å². The Morgan fingerprint density at radius 2 is 1.91 bits per heavy atom. The Bertz CT molecular complexity index is 1140. The summed E-state index contributed by atoms with van der Waals surface area (Å²) in [5.74, 6) is -2.17. The van der Waals surface area contributed by atoms with E-state index in [9.17, 15) is 14.7 Å². The van der Waals surface area contributed by atoms with Crippen molar-refractivity contribution in [3.8, 4) is 5.75 Å². The van der Waals surface area contributed by atoms with Gasteiger partial charge < -0.3 is 19.6 Å². The molecule has 0 saturated heterocycles. The molecular formula is C16H9NO5. The summed E-state index contributed by atoms with van der Waals surface area (Å²) in [6.07, 6.45) is 0. The van der Waals surface area contributed by atoms with Gasteiger partial charge in [-0.25, -0.2) is 4.79 Å². The molecule has 4 aromatic rings. The summed E-state index contributed by atoms with van der Waals surface area (Å²) in [7, 11) is 0. The molecule has 6 heteroatoms. The van der Waals surface area contributed by atoms with Crippen molar-refractivity contribution in [1.82, 2.24) is 4.98 Å². The number of benzene rings is 2. The number of hydrogen-bond acceptors (Lipinski definition) is 4. The number of nitrogens with one attached hydrogen (secondary N) is 1. The largest absolute Gasteiger partial charge is 0.503 e. The monoisotopic (exact) mass is 295 g/mol. The maximum Gasteiger partial charge on any atom is 0.345 e. The summed E-state index contributed by atoms with van der Waals surface area (Å²) in [6.45, 7) is 0. The number of aromatic carboxylic acids is 1. The first kappa shape index (κ1) is 12.5. The summed E-state index contributed by atoms with van der Waals surface area (Å²) in [5, 5.41) is 21.5. The number of hydrogen-bond donors (Lipinski definition) is 3. The molecule has 0 bridgehead atoms. The first-order valence-corrected chi connectivity index (χ1v) is 6.50. The van der Waals surface area contributed by atoms with Crippen LogP contribution in [-0.4, -0.2) is 21.2 Å². The smallest absolute Gasteiger partial charge is 0.345 e. The Balaban J connectivity index is 2.30. The third kappa shape index (κ3) is 1.49. The summed E-state index contributed by atoms with van der Waals surface area (Å²) in [6, 6.07) is 11.1. The SMILES string of the molecule is O=C(O)c1c(O)c2oc3ccc4ccccc4c3c2[nH]c1=O. The number of aromatic hydroxyl groups is 1. The summed E-state index contributed by atoms with van der Waals surface area (Å²) < 4.78 is 5.55. The van der Waals surface area contributed by atoms with Crippen molar-refractivity contribution in [3.05, 3.63) is 52.3 Å². The van der Waals surface area contributed by atoms with Crippen LogP contribution in [0.15, 0.2) is 45.6 Å². The van der Waals surface area contributed by atoms with Gasteiger partial charge in [-0.1, -0.05) is 30.3 Å². The lowest BCUT2D eigenvalue weighted by molar-refractivity contribution is 0.0692. The molecule has 0 aliphatic rings. The molecule has 0 spiro atoms. The number of rotatable bonds is 1. The summed E-state index contributed by atoms with van der Waals surface area (Å²) in [4.78, 5) is 25.5. The van der Waals surface area contributed by atoms with E-state index in [2.05, 4.69) is 4.98 Å². The van der Waals surface area contributed by atoms with Gasteiger partial charge in [0.05, 0.1) is 10.9 Å². The van der Waals surface area contributed by atoms with Crippen molar-refractivity contribution in [2.45, 2.75) is 0 Å². The van der Waals surface area contributed by atoms with Gasteiger partial charge in [-0.05, 0) is 16.8 Å². The Morgan fingerprint density at radius 3 is 2.68 bits per heavy atom. The second kappa shape index (κ2) is 4.11. The molecule has 2 heterocycles. The van der Waals surface area contributed by atoms with Crippen LogP contribution in [0.4, 0.5) is 0 Å². The number of carboxylic acids is 1. The highest BCUT2D eigenvalue weighted by Crippen LogP contribution is 2.37. The number of fused-ring (bicyclic) bond motifs is 5. The Labute approximate surface area is 122 Å². The van der Waals surface area contributed by atoms with Crippen LogP contribution in [0.2, 0.25) is 0 Å². The van der Waals surface area contributed by atoms with E-state index in [4.69, 9.17) is 9.52 Å². The second-order valence-electron chi connectivity index (χ2n) is 4.95. The molecule has 0 aliphatic carbocycles. The Kier molecular flexibility index (Phi) is 2.33. The topological polar surface area (TPSA) is 104 Å². The third-order valence-electron chi connectivity index (χ3n) is 3.71. The number of aromatic amines is 1. The average Bonchev–Trinajstić information content (AvgIpc) is 2.86. The van der Waals surface area contributed by atoms with Crippen molar-refractivity contribution in [2.24, 2.45) is 0 Å². The Hall–Kier alpha value is -3.28. The molecule has 2 aromatic heterocycles. The molecule has 0 fully saturated rings. The molecule has 0 atom stereocenters. The molecule has 108 valence electrons. The van der Waals surface area contributed by atoms with Crippen LogP contribution in [-0.2, 0) is 0 Å². The first-order chi connectivity index (χ1) is 10.6. The highest BCUT2D eigenvalue weighted by Gasteiger charge is 2.23. The number of furan rings is 1. The van der Waals surface area contributed by atoms with Gasteiger partial charge in [0.2, 0.25) is 0 Å². The lowest BCUT2D eigenvalue weighted by Gasteiger charge is -2.00.